The van der Waals surface area contributed by atoms with Gasteiger partial charge >= 0.3 is 0 Å². The summed E-state index contributed by atoms with van der Waals surface area (Å²) in [7, 11) is 2.17. The molecule has 0 spiro atoms. The van der Waals surface area contributed by atoms with Gasteiger partial charge in [-0.05, 0) is 45.0 Å². The van der Waals surface area contributed by atoms with E-state index < -0.39 is 0 Å². The molecule has 0 saturated carbocycles. The number of likely N-dealkylation sites (tertiary alicyclic amines) is 1. The largest absolute Gasteiger partial charge is 0.490 e. The van der Waals surface area contributed by atoms with Gasteiger partial charge < -0.3 is 9.64 Å². The van der Waals surface area contributed by atoms with Crippen molar-refractivity contribution in [3.63, 3.8) is 0 Å². The summed E-state index contributed by atoms with van der Waals surface area (Å²) in [4.78, 5) is 6.68. The van der Waals surface area contributed by atoms with Crippen LogP contribution in [-0.4, -0.2) is 36.1 Å². The highest BCUT2D eigenvalue weighted by molar-refractivity contribution is 5.85. The van der Waals surface area contributed by atoms with Gasteiger partial charge in [0.25, 0.3) is 0 Å². The lowest BCUT2D eigenvalue weighted by Gasteiger charge is -2.19. The number of aromatic nitrogens is 1. The average Bonchev–Trinajstić information content (AvgIpc) is 2.91. The zero-order valence-corrected chi connectivity index (χ0v) is 15.2. The number of halogens is 2. The molecule has 1 aromatic heterocycles. The molecule has 0 bridgehead atoms. The molecule has 23 heavy (non-hydrogen) atoms. The van der Waals surface area contributed by atoms with Crippen molar-refractivity contribution in [3.8, 4) is 16.9 Å². The summed E-state index contributed by atoms with van der Waals surface area (Å²) in [6.45, 7) is 4.02. The van der Waals surface area contributed by atoms with E-state index in [1.54, 1.807) is 6.20 Å². The lowest BCUT2D eigenvalue weighted by atomic mass is 10.1. The first kappa shape index (κ1) is 19.8. The van der Waals surface area contributed by atoms with Gasteiger partial charge in [0.1, 0.15) is 12.4 Å². The summed E-state index contributed by atoms with van der Waals surface area (Å²) < 4.78 is 5.94. The fourth-order valence-corrected chi connectivity index (χ4v) is 2.78. The molecule has 2 aromatic rings. The molecule has 1 aliphatic rings. The standard InChI is InChI=1S/C18H22N2O.2ClH/c1-14-5-7-15(8-6-14)16-10-18(12-19-11-16)21-13-17-4-3-9-20(17)2;;/h5-8,10-12,17H,3-4,9,13H2,1-2H3;2*1H/t17-;;/m0../s1. The molecule has 1 fully saturated rings. The van der Waals surface area contributed by atoms with Crippen LogP contribution in [0.2, 0.25) is 0 Å². The van der Waals surface area contributed by atoms with Crippen molar-refractivity contribution in [2.45, 2.75) is 25.8 Å². The lowest BCUT2D eigenvalue weighted by molar-refractivity contribution is 0.198. The molecular formula is C18H24Cl2N2O. The number of hydrogen-bond donors (Lipinski definition) is 0. The minimum Gasteiger partial charge on any atom is -0.490 e. The van der Waals surface area contributed by atoms with Crippen molar-refractivity contribution in [1.82, 2.24) is 9.88 Å². The molecule has 0 radical (unpaired) electrons. The number of benzene rings is 1. The van der Waals surface area contributed by atoms with Crippen molar-refractivity contribution < 1.29 is 4.74 Å². The van der Waals surface area contributed by atoms with Crippen LogP contribution in [0.4, 0.5) is 0 Å². The van der Waals surface area contributed by atoms with E-state index in [0.29, 0.717) is 6.04 Å². The van der Waals surface area contributed by atoms with Crippen molar-refractivity contribution in [3.05, 3.63) is 48.3 Å². The zero-order chi connectivity index (χ0) is 14.7. The van der Waals surface area contributed by atoms with Gasteiger partial charge in [-0.25, -0.2) is 0 Å². The van der Waals surface area contributed by atoms with Crippen LogP contribution in [-0.2, 0) is 0 Å². The number of rotatable bonds is 4. The molecular weight excluding hydrogens is 331 g/mol. The number of aryl methyl sites for hydroxylation is 1. The fourth-order valence-electron chi connectivity index (χ4n) is 2.78. The quantitative estimate of drug-likeness (QED) is 0.814. The molecule has 5 heteroatoms. The molecule has 1 saturated heterocycles. The summed E-state index contributed by atoms with van der Waals surface area (Å²) in [5.41, 5.74) is 3.55. The second-order valence-electron chi connectivity index (χ2n) is 5.86. The van der Waals surface area contributed by atoms with E-state index >= 15 is 0 Å². The van der Waals surface area contributed by atoms with Gasteiger partial charge in [0.2, 0.25) is 0 Å². The van der Waals surface area contributed by atoms with Crippen LogP contribution < -0.4 is 4.74 Å². The van der Waals surface area contributed by atoms with Crippen LogP contribution in [0.3, 0.4) is 0 Å². The third-order valence-corrected chi connectivity index (χ3v) is 4.21. The van der Waals surface area contributed by atoms with E-state index in [2.05, 4.69) is 54.2 Å². The molecule has 0 aliphatic carbocycles. The summed E-state index contributed by atoms with van der Waals surface area (Å²) in [5.74, 6) is 0.855. The maximum atomic E-state index is 5.94. The Kier molecular flexibility index (Phi) is 7.83. The predicted octanol–water partition coefficient (Wildman–Crippen LogP) is 4.37. The first-order chi connectivity index (χ1) is 10.2. The van der Waals surface area contributed by atoms with Gasteiger partial charge in [-0.1, -0.05) is 29.8 Å². The Morgan fingerprint density at radius 3 is 2.52 bits per heavy atom. The van der Waals surface area contributed by atoms with Crippen LogP contribution in [0.15, 0.2) is 42.7 Å². The van der Waals surface area contributed by atoms with Gasteiger partial charge in [-0.2, -0.15) is 0 Å². The van der Waals surface area contributed by atoms with Gasteiger partial charge in [0, 0.05) is 17.8 Å². The van der Waals surface area contributed by atoms with E-state index in [4.69, 9.17) is 4.74 Å². The average molecular weight is 355 g/mol. The summed E-state index contributed by atoms with van der Waals surface area (Å²) >= 11 is 0. The molecule has 126 valence electrons. The van der Waals surface area contributed by atoms with Gasteiger partial charge in [0.05, 0.1) is 6.20 Å². The Bertz CT molecular complexity index is 604. The number of ether oxygens (including phenoxy) is 1. The third kappa shape index (κ3) is 5.10. The van der Waals surface area contributed by atoms with Crippen LogP contribution in [0.5, 0.6) is 5.75 Å². The van der Waals surface area contributed by atoms with Crippen molar-refractivity contribution in [2.24, 2.45) is 0 Å². The zero-order valence-electron chi connectivity index (χ0n) is 13.6. The maximum Gasteiger partial charge on any atom is 0.138 e. The van der Waals surface area contributed by atoms with Crippen LogP contribution >= 0.6 is 24.8 Å². The molecule has 1 aromatic carbocycles. The second-order valence-corrected chi connectivity index (χ2v) is 5.86. The van der Waals surface area contributed by atoms with Gasteiger partial charge in [0.15, 0.2) is 0 Å². The van der Waals surface area contributed by atoms with Crippen molar-refractivity contribution in [1.29, 1.82) is 0 Å². The third-order valence-electron chi connectivity index (χ3n) is 4.21. The van der Waals surface area contributed by atoms with E-state index in [9.17, 15) is 0 Å². The minimum atomic E-state index is 0. The van der Waals surface area contributed by atoms with E-state index in [1.807, 2.05) is 6.20 Å². The Hall–Kier alpha value is -1.29. The fraction of sp³-hybridized carbons (Fsp3) is 0.389. The first-order valence-corrected chi connectivity index (χ1v) is 7.57. The SMILES string of the molecule is Cc1ccc(-c2cncc(OC[C@@H]3CCCN3C)c2)cc1.Cl.Cl. The summed E-state index contributed by atoms with van der Waals surface area (Å²) in [6.07, 6.45) is 6.18. The number of likely N-dealkylation sites (N-methyl/N-ethyl adjacent to an activating group) is 1. The second kappa shape index (κ2) is 9.11. The summed E-state index contributed by atoms with van der Waals surface area (Å²) in [5, 5.41) is 0. The molecule has 0 unspecified atom stereocenters. The Labute approximate surface area is 150 Å². The predicted molar refractivity (Wildman–Crippen MR) is 100 cm³/mol. The van der Waals surface area contributed by atoms with Crippen LogP contribution in [0.1, 0.15) is 18.4 Å². The highest BCUT2D eigenvalue weighted by atomic mass is 35.5. The molecule has 0 amide bonds. The molecule has 0 N–H and O–H groups in total. The number of hydrogen-bond acceptors (Lipinski definition) is 3. The molecule has 1 atom stereocenters. The maximum absolute atomic E-state index is 5.94. The number of pyridine rings is 1. The van der Waals surface area contributed by atoms with Gasteiger partial charge in [-0.15, -0.1) is 24.8 Å². The van der Waals surface area contributed by atoms with Crippen LogP contribution in [0, 0.1) is 6.92 Å². The van der Waals surface area contributed by atoms with Crippen molar-refractivity contribution >= 4 is 24.8 Å². The molecule has 2 heterocycles. The van der Waals surface area contributed by atoms with Crippen molar-refractivity contribution in [2.75, 3.05) is 20.2 Å². The highest BCUT2D eigenvalue weighted by Crippen LogP contribution is 2.24. The Morgan fingerprint density at radius 2 is 1.87 bits per heavy atom. The smallest absolute Gasteiger partial charge is 0.138 e. The number of nitrogens with zero attached hydrogens (tertiary/aromatic N) is 2. The molecule has 3 nitrogen and oxygen atoms in total. The monoisotopic (exact) mass is 354 g/mol. The van der Waals surface area contributed by atoms with E-state index in [-0.39, 0.29) is 24.8 Å². The minimum absolute atomic E-state index is 0. The lowest BCUT2D eigenvalue weighted by Crippen LogP contribution is -2.30. The van der Waals surface area contributed by atoms with Gasteiger partial charge in [-0.3, -0.25) is 4.98 Å². The van der Waals surface area contributed by atoms with E-state index in [1.165, 1.54) is 30.5 Å². The molecule has 1 aliphatic heterocycles. The Balaban J connectivity index is 0.00000132. The van der Waals surface area contributed by atoms with E-state index in [0.717, 1.165) is 17.9 Å². The van der Waals surface area contributed by atoms with Crippen LogP contribution in [0.25, 0.3) is 11.1 Å². The highest BCUT2D eigenvalue weighted by Gasteiger charge is 2.21. The first-order valence-electron chi connectivity index (χ1n) is 7.57. The Morgan fingerprint density at radius 1 is 1.13 bits per heavy atom. The summed E-state index contributed by atoms with van der Waals surface area (Å²) in [6, 6.07) is 11.1. The topological polar surface area (TPSA) is 25.4 Å². The normalized spacial score (nSPS) is 17.2. The molecule has 3 rings (SSSR count).